The molecule has 0 spiro atoms. The van der Waals surface area contributed by atoms with Crippen molar-refractivity contribution in [2.45, 2.75) is 52.4 Å². The van der Waals surface area contributed by atoms with E-state index in [1.807, 2.05) is 6.92 Å². The van der Waals surface area contributed by atoms with Gasteiger partial charge in [-0.15, -0.1) is 11.3 Å². The van der Waals surface area contributed by atoms with Gasteiger partial charge in [-0.3, -0.25) is 0 Å². The molecule has 0 radical (unpaired) electrons. The highest BCUT2D eigenvalue weighted by atomic mass is 32.1. The van der Waals surface area contributed by atoms with Crippen LogP contribution >= 0.6 is 11.3 Å². The van der Waals surface area contributed by atoms with Gasteiger partial charge in [0.2, 0.25) is 0 Å². The molecule has 0 saturated heterocycles. The number of carbonyl (C=O) groups is 1. The van der Waals surface area contributed by atoms with Crippen molar-refractivity contribution in [1.29, 1.82) is 0 Å². The van der Waals surface area contributed by atoms with Crippen LogP contribution in [0.25, 0.3) is 0 Å². The van der Waals surface area contributed by atoms with Crippen LogP contribution in [0.1, 0.15) is 67.3 Å². The lowest BCUT2D eigenvalue weighted by Crippen LogP contribution is -2.11. The van der Waals surface area contributed by atoms with Gasteiger partial charge in [0.15, 0.2) is 5.69 Å². The lowest BCUT2D eigenvalue weighted by atomic mass is 9.98. The van der Waals surface area contributed by atoms with Crippen LogP contribution in [-0.4, -0.2) is 16.1 Å². The van der Waals surface area contributed by atoms with Crippen molar-refractivity contribution in [1.82, 2.24) is 4.98 Å². The molecule has 1 rings (SSSR count). The number of hydrogen-bond acceptors (Lipinski definition) is 3. The number of thiazole rings is 1. The first-order valence-electron chi connectivity index (χ1n) is 5.51. The molecule has 3 nitrogen and oxygen atoms in total. The zero-order chi connectivity index (χ0) is 12.5. The van der Waals surface area contributed by atoms with E-state index in [4.69, 9.17) is 5.11 Å². The standard InChI is InChI=1S/C12H19NO2S/c1-6-7(2)9-8(10(14)15)13-11(16-9)12(3,4)5/h7H,6H2,1-5H3,(H,14,15). The number of aromatic carboxylic acids is 1. The van der Waals surface area contributed by atoms with Crippen molar-refractivity contribution in [3.8, 4) is 0 Å². The average molecular weight is 241 g/mol. The predicted octanol–water partition coefficient (Wildman–Crippen LogP) is 3.65. The largest absolute Gasteiger partial charge is 0.476 e. The maximum atomic E-state index is 11.1. The second kappa shape index (κ2) is 4.53. The summed E-state index contributed by atoms with van der Waals surface area (Å²) >= 11 is 1.54. The molecule has 0 aliphatic carbocycles. The highest BCUT2D eigenvalue weighted by molar-refractivity contribution is 7.12. The Kier molecular flexibility index (Phi) is 3.73. The van der Waals surface area contributed by atoms with Crippen molar-refractivity contribution >= 4 is 17.3 Å². The Balaban J connectivity index is 3.26. The molecule has 4 heteroatoms. The van der Waals surface area contributed by atoms with E-state index in [0.29, 0.717) is 0 Å². The summed E-state index contributed by atoms with van der Waals surface area (Å²) in [7, 11) is 0. The predicted molar refractivity (Wildman–Crippen MR) is 66.5 cm³/mol. The molecule has 1 atom stereocenters. The lowest BCUT2D eigenvalue weighted by Gasteiger charge is -2.13. The summed E-state index contributed by atoms with van der Waals surface area (Å²) in [4.78, 5) is 16.3. The minimum atomic E-state index is -0.915. The molecule has 90 valence electrons. The summed E-state index contributed by atoms with van der Waals surface area (Å²) in [5.74, 6) is -0.651. The number of hydrogen-bond donors (Lipinski definition) is 1. The number of carboxylic acids is 1. The van der Waals surface area contributed by atoms with Gasteiger partial charge in [0.1, 0.15) is 0 Å². The van der Waals surface area contributed by atoms with E-state index in [0.717, 1.165) is 16.3 Å². The van der Waals surface area contributed by atoms with E-state index in [-0.39, 0.29) is 17.0 Å². The summed E-state index contributed by atoms with van der Waals surface area (Å²) in [5.41, 5.74) is 0.157. The van der Waals surface area contributed by atoms with Crippen molar-refractivity contribution in [2.24, 2.45) is 0 Å². The maximum absolute atomic E-state index is 11.1. The Morgan fingerprint density at radius 1 is 1.50 bits per heavy atom. The monoisotopic (exact) mass is 241 g/mol. The normalized spacial score (nSPS) is 13.8. The van der Waals surface area contributed by atoms with E-state index in [1.54, 1.807) is 0 Å². The van der Waals surface area contributed by atoms with Crippen LogP contribution in [0.3, 0.4) is 0 Å². The minimum Gasteiger partial charge on any atom is -0.476 e. The van der Waals surface area contributed by atoms with Gasteiger partial charge < -0.3 is 5.11 Å². The average Bonchev–Trinajstić information content (AvgIpc) is 2.60. The van der Waals surface area contributed by atoms with Gasteiger partial charge >= 0.3 is 5.97 Å². The van der Waals surface area contributed by atoms with Gasteiger partial charge in [-0.1, -0.05) is 34.6 Å². The molecular weight excluding hydrogens is 222 g/mol. The zero-order valence-electron chi connectivity index (χ0n) is 10.5. The number of nitrogens with zero attached hydrogens (tertiary/aromatic N) is 1. The highest BCUT2D eigenvalue weighted by Gasteiger charge is 2.26. The molecule has 1 N–H and O–H groups in total. The van der Waals surface area contributed by atoms with Crippen molar-refractivity contribution < 1.29 is 9.90 Å². The van der Waals surface area contributed by atoms with Crippen molar-refractivity contribution in [2.75, 3.05) is 0 Å². The van der Waals surface area contributed by atoms with Crippen LogP contribution in [0.15, 0.2) is 0 Å². The molecule has 0 aromatic carbocycles. The van der Waals surface area contributed by atoms with Crippen LogP contribution in [-0.2, 0) is 5.41 Å². The third-order valence-corrected chi connectivity index (χ3v) is 4.27. The van der Waals surface area contributed by atoms with E-state index in [2.05, 4.69) is 32.7 Å². The fourth-order valence-corrected chi connectivity index (χ4v) is 2.57. The summed E-state index contributed by atoms with van der Waals surface area (Å²) < 4.78 is 0. The maximum Gasteiger partial charge on any atom is 0.355 e. The smallest absolute Gasteiger partial charge is 0.355 e. The van der Waals surface area contributed by atoms with Crippen LogP contribution in [0.4, 0.5) is 0 Å². The Morgan fingerprint density at radius 2 is 2.06 bits per heavy atom. The molecule has 0 amide bonds. The SMILES string of the molecule is CCC(C)c1sc(C(C)(C)C)nc1C(=O)O. The molecular formula is C12H19NO2S. The summed E-state index contributed by atoms with van der Waals surface area (Å²) in [6, 6.07) is 0. The summed E-state index contributed by atoms with van der Waals surface area (Å²) in [6.07, 6.45) is 0.937. The quantitative estimate of drug-likeness (QED) is 0.878. The topological polar surface area (TPSA) is 50.2 Å². The summed E-state index contributed by atoms with van der Waals surface area (Å²) in [5, 5.41) is 10.0. The van der Waals surface area contributed by atoms with Crippen molar-refractivity contribution in [3.05, 3.63) is 15.6 Å². The molecule has 1 unspecified atom stereocenters. The third kappa shape index (κ3) is 2.61. The molecule has 0 aliphatic rings. The molecule has 0 saturated carbocycles. The minimum absolute atomic E-state index is 0.0828. The number of aromatic nitrogens is 1. The van der Waals surface area contributed by atoms with Crippen molar-refractivity contribution in [3.63, 3.8) is 0 Å². The second-order valence-electron chi connectivity index (χ2n) is 5.10. The van der Waals surface area contributed by atoms with Crippen LogP contribution in [0.5, 0.6) is 0 Å². The first kappa shape index (κ1) is 13.2. The Hall–Kier alpha value is -0.900. The van der Waals surface area contributed by atoms with Gasteiger partial charge in [-0.05, 0) is 12.3 Å². The lowest BCUT2D eigenvalue weighted by molar-refractivity contribution is 0.0689. The number of rotatable bonds is 3. The van der Waals surface area contributed by atoms with E-state index in [9.17, 15) is 4.79 Å². The van der Waals surface area contributed by atoms with Gasteiger partial charge in [0.05, 0.1) is 5.01 Å². The Morgan fingerprint density at radius 3 is 2.44 bits per heavy atom. The van der Waals surface area contributed by atoms with E-state index in [1.165, 1.54) is 11.3 Å². The molecule has 16 heavy (non-hydrogen) atoms. The van der Waals surface area contributed by atoms with Crippen LogP contribution in [0.2, 0.25) is 0 Å². The molecule has 1 aromatic rings. The fraction of sp³-hybridized carbons (Fsp3) is 0.667. The van der Waals surface area contributed by atoms with E-state index >= 15 is 0 Å². The van der Waals surface area contributed by atoms with Gasteiger partial charge in [-0.25, -0.2) is 9.78 Å². The Bertz CT molecular complexity index is 390. The van der Waals surface area contributed by atoms with Crippen LogP contribution < -0.4 is 0 Å². The molecule has 1 aromatic heterocycles. The fourth-order valence-electron chi connectivity index (χ4n) is 1.33. The first-order chi connectivity index (χ1) is 7.27. The third-order valence-electron chi connectivity index (χ3n) is 2.56. The first-order valence-corrected chi connectivity index (χ1v) is 6.33. The van der Waals surface area contributed by atoms with E-state index < -0.39 is 5.97 Å². The zero-order valence-corrected chi connectivity index (χ0v) is 11.3. The highest BCUT2D eigenvalue weighted by Crippen LogP contribution is 2.34. The molecule has 0 aliphatic heterocycles. The number of carboxylic acid groups (broad SMARTS) is 1. The second-order valence-corrected chi connectivity index (χ2v) is 6.13. The molecule has 0 bridgehead atoms. The van der Waals surface area contributed by atoms with Gasteiger partial charge in [-0.2, -0.15) is 0 Å². The van der Waals surface area contributed by atoms with Crippen LogP contribution in [0, 0.1) is 0 Å². The van der Waals surface area contributed by atoms with Gasteiger partial charge in [0.25, 0.3) is 0 Å². The van der Waals surface area contributed by atoms with Gasteiger partial charge in [0, 0.05) is 10.3 Å². The molecule has 0 fully saturated rings. The molecule has 1 heterocycles. The Labute approximate surface area is 101 Å². The summed E-state index contributed by atoms with van der Waals surface area (Å²) in [6.45, 7) is 10.3.